The molecule has 0 fully saturated rings. The minimum Gasteiger partial charge on any atom is -0.378 e. The van der Waals surface area contributed by atoms with Gasteiger partial charge in [-0.25, -0.2) is 4.98 Å². The van der Waals surface area contributed by atoms with Gasteiger partial charge in [-0.15, -0.1) is 0 Å². The summed E-state index contributed by atoms with van der Waals surface area (Å²) in [5.41, 5.74) is 5.69. The molecule has 2 heterocycles. The van der Waals surface area contributed by atoms with Crippen LogP contribution in [0.5, 0.6) is 0 Å². The van der Waals surface area contributed by atoms with Gasteiger partial charge in [0.05, 0.1) is 0 Å². The Morgan fingerprint density at radius 1 is 1.13 bits per heavy atom. The Kier molecular flexibility index (Phi) is 4.20. The lowest BCUT2D eigenvalue weighted by Crippen LogP contribution is -2.08. The lowest BCUT2D eigenvalue weighted by Gasteiger charge is -2.15. The average Bonchev–Trinajstić information content (AvgIpc) is 2.96. The van der Waals surface area contributed by atoms with Gasteiger partial charge in [0.15, 0.2) is 0 Å². The van der Waals surface area contributed by atoms with Crippen LogP contribution in [0.4, 0.5) is 5.69 Å². The number of hydrogen-bond acceptors (Lipinski definition) is 2. The second kappa shape index (κ2) is 6.29. The Balaban J connectivity index is 2.13. The molecule has 0 aliphatic carbocycles. The molecule has 3 nitrogen and oxygen atoms in total. The Hall–Kier alpha value is -2.55. The van der Waals surface area contributed by atoms with Crippen molar-refractivity contribution in [3.05, 3.63) is 66.0 Å². The van der Waals surface area contributed by atoms with Gasteiger partial charge >= 0.3 is 0 Å². The number of nitrogens with zero attached hydrogens (tertiary/aromatic N) is 2. The van der Waals surface area contributed by atoms with Gasteiger partial charge in [0.2, 0.25) is 0 Å². The minimum atomic E-state index is 0.465. The van der Waals surface area contributed by atoms with Crippen molar-refractivity contribution < 1.29 is 0 Å². The monoisotopic (exact) mass is 305 g/mol. The van der Waals surface area contributed by atoms with Crippen molar-refractivity contribution in [1.82, 2.24) is 9.97 Å². The summed E-state index contributed by atoms with van der Waals surface area (Å²) in [6.07, 6.45) is 4.13. The van der Waals surface area contributed by atoms with Crippen LogP contribution in [0.25, 0.3) is 16.6 Å². The maximum absolute atomic E-state index is 4.41. The van der Waals surface area contributed by atoms with Crippen molar-refractivity contribution in [1.29, 1.82) is 0 Å². The lowest BCUT2D eigenvalue weighted by atomic mass is 9.98. The van der Waals surface area contributed by atoms with Gasteiger partial charge in [-0.3, -0.25) is 0 Å². The highest BCUT2D eigenvalue weighted by Crippen LogP contribution is 2.29. The van der Waals surface area contributed by atoms with E-state index in [0.29, 0.717) is 5.92 Å². The number of hydrogen-bond donors (Lipinski definition) is 1. The molecule has 0 bridgehead atoms. The van der Waals surface area contributed by atoms with Gasteiger partial charge < -0.3 is 9.88 Å². The number of anilines is 1. The average molecular weight is 305 g/mol. The molecule has 0 saturated heterocycles. The summed E-state index contributed by atoms with van der Waals surface area (Å²) in [7, 11) is 4.13. The smallest absolute Gasteiger partial charge is 0.137 e. The molecule has 1 aromatic carbocycles. The number of allylic oxidation sites excluding steroid dienone is 1. The van der Waals surface area contributed by atoms with E-state index in [2.05, 4.69) is 85.3 Å². The van der Waals surface area contributed by atoms with E-state index in [1.165, 1.54) is 16.8 Å². The van der Waals surface area contributed by atoms with Crippen molar-refractivity contribution in [2.24, 2.45) is 5.92 Å². The number of aromatic nitrogens is 2. The molecule has 0 aliphatic heterocycles. The predicted octanol–water partition coefficient (Wildman–Crippen LogP) is 4.72. The molecular formula is C20H23N3. The van der Waals surface area contributed by atoms with E-state index in [9.17, 15) is 0 Å². The first-order chi connectivity index (χ1) is 11.0. The van der Waals surface area contributed by atoms with Gasteiger partial charge in [0.1, 0.15) is 5.65 Å². The second-order valence-electron chi connectivity index (χ2n) is 6.39. The summed E-state index contributed by atoms with van der Waals surface area (Å²) in [5, 5.41) is 1.14. The summed E-state index contributed by atoms with van der Waals surface area (Å²) in [6, 6.07) is 14.9. The first kappa shape index (κ1) is 15.3. The van der Waals surface area contributed by atoms with Crippen LogP contribution < -0.4 is 4.90 Å². The maximum atomic E-state index is 4.41. The van der Waals surface area contributed by atoms with Crippen molar-refractivity contribution in [3.8, 4) is 0 Å². The third kappa shape index (κ3) is 3.29. The van der Waals surface area contributed by atoms with Crippen molar-refractivity contribution in [3.63, 3.8) is 0 Å². The largest absolute Gasteiger partial charge is 0.378 e. The zero-order valence-electron chi connectivity index (χ0n) is 14.2. The van der Waals surface area contributed by atoms with Crippen molar-refractivity contribution >= 4 is 22.3 Å². The Labute approximate surface area is 137 Å². The molecule has 3 aromatic rings. The number of nitrogens with one attached hydrogen (secondary N) is 1. The van der Waals surface area contributed by atoms with Crippen LogP contribution >= 0.6 is 0 Å². The fourth-order valence-electron chi connectivity index (χ4n) is 2.73. The molecular weight excluding hydrogens is 282 g/mol. The minimum absolute atomic E-state index is 0.465. The second-order valence-corrected chi connectivity index (χ2v) is 6.39. The van der Waals surface area contributed by atoms with Gasteiger partial charge in [0, 0.05) is 42.6 Å². The number of pyridine rings is 1. The summed E-state index contributed by atoms with van der Waals surface area (Å²) in [4.78, 5) is 10.00. The number of benzene rings is 1. The molecule has 0 atom stereocenters. The van der Waals surface area contributed by atoms with E-state index < -0.39 is 0 Å². The fourth-order valence-corrected chi connectivity index (χ4v) is 2.73. The van der Waals surface area contributed by atoms with E-state index in [0.717, 1.165) is 16.7 Å². The summed E-state index contributed by atoms with van der Waals surface area (Å²) >= 11 is 0. The molecule has 0 spiro atoms. The van der Waals surface area contributed by atoms with Crippen LogP contribution in [0.3, 0.4) is 0 Å². The molecule has 23 heavy (non-hydrogen) atoms. The Morgan fingerprint density at radius 2 is 1.96 bits per heavy atom. The van der Waals surface area contributed by atoms with E-state index in [4.69, 9.17) is 0 Å². The maximum Gasteiger partial charge on any atom is 0.137 e. The third-order valence-electron chi connectivity index (χ3n) is 3.86. The zero-order valence-corrected chi connectivity index (χ0v) is 14.2. The lowest BCUT2D eigenvalue weighted by molar-refractivity contribution is 0.833. The molecule has 3 rings (SSSR count). The molecule has 0 radical (unpaired) electrons. The summed E-state index contributed by atoms with van der Waals surface area (Å²) < 4.78 is 0. The molecule has 0 unspecified atom stereocenters. The van der Waals surface area contributed by atoms with Gasteiger partial charge in [-0.2, -0.15) is 0 Å². The first-order valence-electron chi connectivity index (χ1n) is 7.98. The topological polar surface area (TPSA) is 31.9 Å². The van der Waals surface area contributed by atoms with E-state index in [-0.39, 0.29) is 0 Å². The third-order valence-corrected chi connectivity index (χ3v) is 3.86. The van der Waals surface area contributed by atoms with Crippen LogP contribution in [0.15, 0.2) is 54.7 Å². The fraction of sp³-hybridized carbons (Fsp3) is 0.250. The molecule has 2 aromatic heterocycles. The number of aromatic amines is 1. The highest BCUT2D eigenvalue weighted by molar-refractivity contribution is 5.87. The predicted molar refractivity (Wildman–Crippen MR) is 98.8 cm³/mol. The molecule has 118 valence electrons. The van der Waals surface area contributed by atoms with E-state index in [1.807, 2.05) is 12.3 Å². The van der Waals surface area contributed by atoms with Crippen LogP contribution in [0.2, 0.25) is 0 Å². The summed E-state index contributed by atoms with van der Waals surface area (Å²) in [5.74, 6) is 0.465. The zero-order chi connectivity index (χ0) is 16.4. The molecule has 0 amide bonds. The van der Waals surface area contributed by atoms with Crippen molar-refractivity contribution in [2.75, 3.05) is 19.0 Å². The molecule has 1 N–H and O–H groups in total. The highest BCUT2D eigenvalue weighted by Gasteiger charge is 2.11. The normalized spacial score (nSPS) is 12.1. The van der Waals surface area contributed by atoms with E-state index >= 15 is 0 Å². The molecule has 0 saturated carbocycles. The Bertz CT molecular complexity index is 808. The summed E-state index contributed by atoms with van der Waals surface area (Å²) in [6.45, 7) is 4.41. The highest BCUT2D eigenvalue weighted by atomic mass is 15.1. The number of rotatable bonds is 4. The quantitative estimate of drug-likeness (QED) is 0.756. The standard InChI is InChI=1S/C20H23N3/c1-14(2)11-18(15-7-5-9-17(12-15)23(3)4)19-13-16-8-6-10-21-20(16)22-19/h5-14H,1-4H3,(H,21,22). The number of H-pyrrole nitrogens is 1. The molecule has 0 aliphatic rings. The van der Waals surface area contributed by atoms with Crippen LogP contribution in [-0.2, 0) is 0 Å². The van der Waals surface area contributed by atoms with Gasteiger partial charge in [-0.1, -0.05) is 32.1 Å². The van der Waals surface area contributed by atoms with Crippen LogP contribution in [-0.4, -0.2) is 24.1 Å². The van der Waals surface area contributed by atoms with Crippen LogP contribution in [0, 0.1) is 5.92 Å². The molecule has 3 heteroatoms. The van der Waals surface area contributed by atoms with Gasteiger partial charge in [0.25, 0.3) is 0 Å². The van der Waals surface area contributed by atoms with Crippen molar-refractivity contribution in [2.45, 2.75) is 13.8 Å². The van der Waals surface area contributed by atoms with E-state index in [1.54, 1.807) is 0 Å². The SMILES string of the molecule is CC(C)C=C(c1cccc(N(C)C)c1)c1cc2cccnc2[nH]1. The van der Waals surface area contributed by atoms with Gasteiger partial charge in [-0.05, 0) is 41.8 Å². The number of fused-ring (bicyclic) bond motifs is 1. The first-order valence-corrected chi connectivity index (χ1v) is 7.98. The van der Waals surface area contributed by atoms with Crippen LogP contribution in [0.1, 0.15) is 25.1 Å². The Morgan fingerprint density at radius 3 is 2.65 bits per heavy atom.